The van der Waals surface area contributed by atoms with Crippen molar-refractivity contribution in [2.45, 2.75) is 25.3 Å². The van der Waals surface area contributed by atoms with Crippen LogP contribution in [0.25, 0.3) is 0 Å². The number of hydrogen-bond donors (Lipinski definition) is 1. The summed E-state index contributed by atoms with van der Waals surface area (Å²) in [6.45, 7) is 2.59. The van der Waals surface area contributed by atoms with Gasteiger partial charge in [0.05, 0.1) is 6.61 Å². The Bertz CT molecular complexity index is 626. The number of benzene rings is 2. The van der Waals surface area contributed by atoms with Gasteiger partial charge in [-0.2, -0.15) is 0 Å². The van der Waals surface area contributed by atoms with Gasteiger partial charge in [0.2, 0.25) is 0 Å². The van der Waals surface area contributed by atoms with E-state index in [0.717, 1.165) is 22.4 Å². The average Bonchev–Trinajstić information content (AvgIpc) is 2.87. The van der Waals surface area contributed by atoms with E-state index in [0.29, 0.717) is 13.0 Å². The zero-order valence-electron chi connectivity index (χ0n) is 11.5. The SMILES string of the molecule is Cc1ccc(F)cc1CC(N)C1COc2ccccc21. The van der Waals surface area contributed by atoms with Gasteiger partial charge in [-0.3, -0.25) is 0 Å². The third-order valence-electron chi connectivity index (χ3n) is 4.02. The fourth-order valence-electron chi connectivity index (χ4n) is 2.80. The molecule has 1 heterocycles. The molecule has 2 atom stereocenters. The number of fused-ring (bicyclic) bond motifs is 1. The second kappa shape index (κ2) is 5.25. The van der Waals surface area contributed by atoms with Crippen molar-refractivity contribution in [2.75, 3.05) is 6.61 Å². The third kappa shape index (κ3) is 2.41. The molecule has 2 aromatic rings. The van der Waals surface area contributed by atoms with Crippen molar-refractivity contribution < 1.29 is 9.13 Å². The van der Waals surface area contributed by atoms with Gasteiger partial charge in [0.25, 0.3) is 0 Å². The summed E-state index contributed by atoms with van der Waals surface area (Å²) in [6.07, 6.45) is 0.659. The molecule has 0 fully saturated rings. The predicted molar refractivity (Wildman–Crippen MR) is 77.5 cm³/mol. The summed E-state index contributed by atoms with van der Waals surface area (Å²) in [6, 6.07) is 12.8. The van der Waals surface area contributed by atoms with E-state index in [9.17, 15) is 4.39 Å². The van der Waals surface area contributed by atoms with Gasteiger partial charge in [-0.1, -0.05) is 24.3 Å². The quantitative estimate of drug-likeness (QED) is 0.930. The molecule has 0 radical (unpaired) electrons. The van der Waals surface area contributed by atoms with Crippen molar-refractivity contribution in [3.05, 3.63) is 65.0 Å². The second-order valence-electron chi connectivity index (χ2n) is 5.39. The van der Waals surface area contributed by atoms with E-state index >= 15 is 0 Å². The van der Waals surface area contributed by atoms with Crippen molar-refractivity contribution in [2.24, 2.45) is 5.73 Å². The number of halogens is 1. The van der Waals surface area contributed by atoms with Crippen LogP contribution in [0, 0.1) is 12.7 Å². The minimum absolute atomic E-state index is 0.0702. The lowest BCUT2D eigenvalue weighted by atomic mass is 9.88. The number of aryl methyl sites for hydroxylation is 1. The average molecular weight is 271 g/mol. The molecule has 2 nitrogen and oxygen atoms in total. The molecule has 3 rings (SSSR count). The molecule has 0 aromatic heterocycles. The molecule has 2 unspecified atom stereocenters. The summed E-state index contributed by atoms with van der Waals surface area (Å²) in [5.74, 6) is 0.888. The van der Waals surface area contributed by atoms with Gasteiger partial charge in [0.1, 0.15) is 11.6 Å². The zero-order chi connectivity index (χ0) is 14.1. The summed E-state index contributed by atoms with van der Waals surface area (Å²) < 4.78 is 19.0. The van der Waals surface area contributed by atoms with Crippen LogP contribution in [-0.2, 0) is 6.42 Å². The standard InChI is InChI=1S/C17H18FNO/c1-11-6-7-13(18)8-12(11)9-16(19)15-10-20-17-5-3-2-4-14(15)17/h2-8,15-16H,9-10,19H2,1H3. The van der Waals surface area contributed by atoms with Gasteiger partial charge < -0.3 is 10.5 Å². The Morgan fingerprint density at radius 3 is 2.95 bits per heavy atom. The first kappa shape index (κ1) is 13.1. The van der Waals surface area contributed by atoms with Crippen molar-refractivity contribution in [1.29, 1.82) is 0 Å². The van der Waals surface area contributed by atoms with Crippen molar-refractivity contribution in [1.82, 2.24) is 0 Å². The highest BCUT2D eigenvalue weighted by Gasteiger charge is 2.29. The molecule has 104 valence electrons. The lowest BCUT2D eigenvalue weighted by molar-refractivity contribution is 0.313. The van der Waals surface area contributed by atoms with Crippen molar-refractivity contribution >= 4 is 0 Å². The van der Waals surface area contributed by atoms with Gasteiger partial charge in [0, 0.05) is 17.5 Å². The van der Waals surface area contributed by atoms with Gasteiger partial charge in [-0.25, -0.2) is 4.39 Å². The fourth-order valence-corrected chi connectivity index (χ4v) is 2.80. The monoisotopic (exact) mass is 271 g/mol. The molecule has 0 amide bonds. The van der Waals surface area contributed by atoms with E-state index in [1.807, 2.05) is 25.1 Å². The summed E-state index contributed by atoms with van der Waals surface area (Å²) >= 11 is 0. The zero-order valence-corrected chi connectivity index (χ0v) is 11.5. The summed E-state index contributed by atoms with van der Waals surface area (Å²) in [7, 11) is 0. The largest absolute Gasteiger partial charge is 0.493 e. The number of para-hydroxylation sites is 1. The summed E-state index contributed by atoms with van der Waals surface area (Å²) in [4.78, 5) is 0. The maximum absolute atomic E-state index is 13.3. The molecule has 1 aliphatic heterocycles. The number of rotatable bonds is 3. The molecule has 20 heavy (non-hydrogen) atoms. The van der Waals surface area contributed by atoms with Crippen LogP contribution in [0.3, 0.4) is 0 Å². The molecule has 0 aliphatic carbocycles. The van der Waals surface area contributed by atoms with Crippen LogP contribution in [-0.4, -0.2) is 12.6 Å². The normalized spacial score (nSPS) is 18.4. The summed E-state index contributed by atoms with van der Waals surface area (Å²) in [5, 5.41) is 0. The lowest BCUT2D eigenvalue weighted by Crippen LogP contribution is -2.32. The minimum Gasteiger partial charge on any atom is -0.493 e. The van der Waals surface area contributed by atoms with Crippen molar-refractivity contribution in [3.63, 3.8) is 0 Å². The first-order chi connectivity index (χ1) is 9.65. The maximum atomic E-state index is 13.3. The molecular formula is C17H18FNO. The Balaban J connectivity index is 1.81. The van der Waals surface area contributed by atoms with Gasteiger partial charge in [-0.05, 0) is 42.7 Å². The van der Waals surface area contributed by atoms with Crippen LogP contribution < -0.4 is 10.5 Å². The molecule has 2 N–H and O–H groups in total. The number of nitrogens with two attached hydrogens (primary N) is 1. The minimum atomic E-state index is -0.208. The predicted octanol–water partition coefficient (Wildman–Crippen LogP) is 3.18. The van der Waals surface area contributed by atoms with Gasteiger partial charge in [-0.15, -0.1) is 0 Å². The van der Waals surface area contributed by atoms with Crippen LogP contribution in [0.5, 0.6) is 5.75 Å². The molecule has 0 bridgehead atoms. The lowest BCUT2D eigenvalue weighted by Gasteiger charge is -2.19. The molecule has 0 saturated heterocycles. The molecule has 0 spiro atoms. The first-order valence-corrected chi connectivity index (χ1v) is 6.87. The smallest absolute Gasteiger partial charge is 0.123 e. The highest BCUT2D eigenvalue weighted by molar-refractivity contribution is 5.41. The Morgan fingerprint density at radius 1 is 1.30 bits per heavy atom. The number of ether oxygens (including phenoxy) is 1. The van der Waals surface area contributed by atoms with Crippen LogP contribution in [0.1, 0.15) is 22.6 Å². The number of hydrogen-bond acceptors (Lipinski definition) is 2. The molecule has 1 aliphatic rings. The maximum Gasteiger partial charge on any atom is 0.123 e. The van der Waals surface area contributed by atoms with Gasteiger partial charge >= 0.3 is 0 Å². The van der Waals surface area contributed by atoms with E-state index < -0.39 is 0 Å². The van der Waals surface area contributed by atoms with Crippen LogP contribution in [0.15, 0.2) is 42.5 Å². The Kier molecular flexibility index (Phi) is 3.45. The van der Waals surface area contributed by atoms with Crippen molar-refractivity contribution in [3.8, 4) is 5.75 Å². The van der Waals surface area contributed by atoms with E-state index in [2.05, 4.69) is 6.07 Å². The van der Waals surface area contributed by atoms with E-state index in [1.54, 1.807) is 12.1 Å². The second-order valence-corrected chi connectivity index (χ2v) is 5.39. The highest BCUT2D eigenvalue weighted by atomic mass is 19.1. The Labute approximate surface area is 118 Å². The van der Waals surface area contributed by atoms with Crippen LogP contribution in [0.4, 0.5) is 4.39 Å². The summed E-state index contributed by atoms with van der Waals surface area (Å²) in [5.41, 5.74) is 9.56. The van der Waals surface area contributed by atoms with E-state index in [-0.39, 0.29) is 17.8 Å². The Morgan fingerprint density at radius 2 is 2.10 bits per heavy atom. The third-order valence-corrected chi connectivity index (χ3v) is 4.02. The van der Waals surface area contributed by atoms with E-state index in [4.69, 9.17) is 10.5 Å². The highest BCUT2D eigenvalue weighted by Crippen LogP contribution is 2.35. The van der Waals surface area contributed by atoms with Crippen LogP contribution >= 0.6 is 0 Å². The topological polar surface area (TPSA) is 35.2 Å². The Hall–Kier alpha value is -1.87. The molecular weight excluding hydrogens is 253 g/mol. The van der Waals surface area contributed by atoms with Crippen LogP contribution in [0.2, 0.25) is 0 Å². The molecule has 0 saturated carbocycles. The molecule has 2 aromatic carbocycles. The van der Waals surface area contributed by atoms with Gasteiger partial charge in [0.15, 0.2) is 0 Å². The fraction of sp³-hybridized carbons (Fsp3) is 0.294. The molecule has 3 heteroatoms. The van der Waals surface area contributed by atoms with E-state index in [1.165, 1.54) is 6.07 Å². The first-order valence-electron chi connectivity index (χ1n) is 6.87.